The van der Waals surface area contributed by atoms with Crippen molar-refractivity contribution in [3.63, 3.8) is 0 Å². The van der Waals surface area contributed by atoms with Crippen LogP contribution < -0.4 is 5.73 Å². The average molecular weight is 191 g/mol. The van der Waals surface area contributed by atoms with E-state index in [-0.39, 0.29) is 13.2 Å². The zero-order chi connectivity index (χ0) is 10.3. The van der Waals surface area contributed by atoms with Crippen LogP contribution >= 0.6 is 0 Å². The number of aliphatic hydroxyl groups is 3. The van der Waals surface area contributed by atoms with Crippen molar-refractivity contribution in [2.45, 2.75) is 18.2 Å². The van der Waals surface area contributed by atoms with Gasteiger partial charge in [0.15, 0.2) is 0 Å². The van der Waals surface area contributed by atoms with Gasteiger partial charge in [0.1, 0.15) is 6.10 Å². The fraction of sp³-hybridized carbons (Fsp3) is 0.750. The standard InChI is InChI=1S/C5H11NO3.C3H6O/c6-3-1-9-2-4(7)5(3)8;1-2-3-4/h3-5,7-8H,1-2,6H2;2,4H,1,3H2/t3-,4+,5-;/m0./s1. The van der Waals surface area contributed by atoms with Gasteiger partial charge >= 0.3 is 0 Å². The molecule has 0 saturated carbocycles. The quantitative estimate of drug-likeness (QED) is 0.368. The Morgan fingerprint density at radius 2 is 2.00 bits per heavy atom. The van der Waals surface area contributed by atoms with E-state index in [1.54, 1.807) is 0 Å². The molecule has 13 heavy (non-hydrogen) atoms. The van der Waals surface area contributed by atoms with Gasteiger partial charge in [0, 0.05) is 0 Å². The number of nitrogens with two attached hydrogens (primary N) is 1. The van der Waals surface area contributed by atoms with Crippen molar-refractivity contribution in [1.82, 2.24) is 0 Å². The third-order valence-corrected chi connectivity index (χ3v) is 1.56. The lowest BCUT2D eigenvalue weighted by atomic mass is 10.1. The summed E-state index contributed by atoms with van der Waals surface area (Å²) in [5.41, 5.74) is 5.33. The van der Waals surface area contributed by atoms with Crippen molar-refractivity contribution < 1.29 is 20.1 Å². The maximum atomic E-state index is 8.99. The summed E-state index contributed by atoms with van der Waals surface area (Å²) >= 11 is 0. The van der Waals surface area contributed by atoms with Gasteiger partial charge < -0.3 is 25.8 Å². The van der Waals surface area contributed by atoms with Crippen LogP contribution in [0.4, 0.5) is 0 Å². The predicted octanol–water partition coefficient (Wildman–Crippen LogP) is -1.77. The highest BCUT2D eigenvalue weighted by molar-refractivity contribution is 4.81. The molecule has 1 aliphatic heterocycles. The lowest BCUT2D eigenvalue weighted by Gasteiger charge is -2.28. The minimum Gasteiger partial charge on any atom is -0.392 e. The number of hydrogen-bond acceptors (Lipinski definition) is 5. The Hall–Kier alpha value is -0.460. The summed E-state index contributed by atoms with van der Waals surface area (Å²) in [6.45, 7) is 3.83. The summed E-state index contributed by atoms with van der Waals surface area (Å²) in [6.07, 6.45) is -0.201. The fourth-order valence-electron chi connectivity index (χ4n) is 0.807. The SMILES string of the molecule is C=CCO.N[C@H]1COC[C@@H](O)[C@H]1O. The van der Waals surface area contributed by atoms with E-state index in [1.807, 2.05) is 0 Å². The van der Waals surface area contributed by atoms with Gasteiger partial charge in [-0.25, -0.2) is 0 Å². The van der Waals surface area contributed by atoms with Crippen molar-refractivity contribution in [2.24, 2.45) is 5.73 Å². The van der Waals surface area contributed by atoms with E-state index in [0.717, 1.165) is 0 Å². The first-order valence-corrected chi connectivity index (χ1v) is 4.04. The van der Waals surface area contributed by atoms with Crippen molar-refractivity contribution in [1.29, 1.82) is 0 Å². The Labute approximate surface area is 77.4 Å². The molecule has 5 nitrogen and oxygen atoms in total. The highest BCUT2D eigenvalue weighted by Crippen LogP contribution is 2.05. The first-order chi connectivity index (χ1) is 6.13. The third kappa shape index (κ3) is 4.97. The average Bonchev–Trinajstić information content (AvgIpc) is 2.14. The molecule has 0 aromatic rings. The van der Waals surface area contributed by atoms with Crippen LogP contribution in [-0.2, 0) is 4.74 Å². The molecule has 1 rings (SSSR count). The predicted molar refractivity (Wildman–Crippen MR) is 48.1 cm³/mol. The summed E-state index contributed by atoms with van der Waals surface area (Å²) in [5.74, 6) is 0. The Kier molecular flexibility index (Phi) is 6.75. The van der Waals surface area contributed by atoms with Gasteiger partial charge in [0.05, 0.1) is 32.0 Å². The molecule has 0 radical (unpaired) electrons. The summed E-state index contributed by atoms with van der Waals surface area (Å²) < 4.78 is 4.83. The van der Waals surface area contributed by atoms with E-state index in [0.29, 0.717) is 6.61 Å². The van der Waals surface area contributed by atoms with Gasteiger partial charge in [-0.05, 0) is 0 Å². The summed E-state index contributed by atoms with van der Waals surface area (Å²) in [5, 5.41) is 25.6. The fourth-order valence-corrected chi connectivity index (χ4v) is 0.807. The minimum absolute atomic E-state index is 0.0833. The van der Waals surface area contributed by atoms with Gasteiger partial charge in [-0.1, -0.05) is 6.08 Å². The van der Waals surface area contributed by atoms with Crippen LogP contribution in [0.1, 0.15) is 0 Å². The molecule has 5 heteroatoms. The van der Waals surface area contributed by atoms with Gasteiger partial charge in [-0.15, -0.1) is 6.58 Å². The molecular weight excluding hydrogens is 174 g/mol. The topological polar surface area (TPSA) is 95.9 Å². The van der Waals surface area contributed by atoms with Crippen LogP contribution in [0.3, 0.4) is 0 Å². The van der Waals surface area contributed by atoms with Crippen LogP contribution in [0.2, 0.25) is 0 Å². The number of rotatable bonds is 1. The van der Waals surface area contributed by atoms with Crippen LogP contribution in [-0.4, -0.2) is 53.4 Å². The molecule has 0 bridgehead atoms. The van der Waals surface area contributed by atoms with Crippen molar-refractivity contribution in [3.8, 4) is 0 Å². The molecule has 78 valence electrons. The summed E-state index contributed by atoms with van der Waals surface area (Å²) in [6, 6.07) is -0.436. The third-order valence-electron chi connectivity index (χ3n) is 1.56. The summed E-state index contributed by atoms with van der Waals surface area (Å²) in [4.78, 5) is 0. The molecule has 1 aliphatic rings. The number of hydrogen-bond donors (Lipinski definition) is 4. The molecule has 1 heterocycles. The Morgan fingerprint density at radius 1 is 1.46 bits per heavy atom. The second-order valence-corrected chi connectivity index (χ2v) is 2.73. The second-order valence-electron chi connectivity index (χ2n) is 2.73. The highest BCUT2D eigenvalue weighted by Gasteiger charge is 2.27. The molecule has 0 aromatic heterocycles. The smallest absolute Gasteiger partial charge is 0.105 e. The van der Waals surface area contributed by atoms with E-state index in [4.69, 9.17) is 25.8 Å². The van der Waals surface area contributed by atoms with Crippen molar-refractivity contribution in [2.75, 3.05) is 19.8 Å². The van der Waals surface area contributed by atoms with E-state index in [9.17, 15) is 0 Å². The number of aliphatic hydroxyl groups excluding tert-OH is 3. The van der Waals surface area contributed by atoms with E-state index in [2.05, 4.69) is 6.58 Å². The first kappa shape index (κ1) is 12.5. The largest absolute Gasteiger partial charge is 0.392 e. The zero-order valence-electron chi connectivity index (χ0n) is 7.47. The molecule has 0 aromatic carbocycles. The van der Waals surface area contributed by atoms with Gasteiger partial charge in [-0.3, -0.25) is 0 Å². The highest BCUT2D eigenvalue weighted by atomic mass is 16.5. The molecule has 0 aliphatic carbocycles. The molecular formula is C8H17NO4. The van der Waals surface area contributed by atoms with Crippen molar-refractivity contribution >= 4 is 0 Å². The van der Waals surface area contributed by atoms with E-state index < -0.39 is 18.2 Å². The first-order valence-electron chi connectivity index (χ1n) is 4.04. The van der Waals surface area contributed by atoms with Crippen LogP contribution in [0.5, 0.6) is 0 Å². The molecule has 0 amide bonds. The van der Waals surface area contributed by atoms with Crippen molar-refractivity contribution in [3.05, 3.63) is 12.7 Å². The van der Waals surface area contributed by atoms with Crippen LogP contribution in [0.15, 0.2) is 12.7 Å². The normalized spacial score (nSPS) is 33.1. The molecule has 5 N–H and O–H groups in total. The zero-order valence-corrected chi connectivity index (χ0v) is 7.47. The number of ether oxygens (including phenoxy) is 1. The maximum Gasteiger partial charge on any atom is 0.105 e. The van der Waals surface area contributed by atoms with Gasteiger partial charge in [-0.2, -0.15) is 0 Å². The maximum absolute atomic E-state index is 8.99. The molecule has 1 saturated heterocycles. The molecule has 3 atom stereocenters. The summed E-state index contributed by atoms with van der Waals surface area (Å²) in [7, 11) is 0. The van der Waals surface area contributed by atoms with E-state index >= 15 is 0 Å². The van der Waals surface area contributed by atoms with E-state index in [1.165, 1.54) is 6.08 Å². The molecule has 0 unspecified atom stereocenters. The Balaban J connectivity index is 0.000000310. The minimum atomic E-state index is -0.821. The van der Waals surface area contributed by atoms with Crippen LogP contribution in [0, 0.1) is 0 Å². The Morgan fingerprint density at radius 3 is 2.31 bits per heavy atom. The monoisotopic (exact) mass is 191 g/mol. The van der Waals surface area contributed by atoms with Gasteiger partial charge in [0.2, 0.25) is 0 Å². The lowest BCUT2D eigenvalue weighted by Crippen LogP contribution is -2.51. The second kappa shape index (κ2) is 6.99. The lowest BCUT2D eigenvalue weighted by molar-refractivity contribution is -0.0965. The molecule has 0 spiro atoms. The Bertz CT molecular complexity index is 132. The molecule has 1 fully saturated rings. The van der Waals surface area contributed by atoms with Crippen LogP contribution in [0.25, 0.3) is 0 Å². The van der Waals surface area contributed by atoms with Gasteiger partial charge in [0.25, 0.3) is 0 Å².